The fraction of sp³-hybridized carbons (Fsp3) is 0.125. The highest BCUT2D eigenvalue weighted by atomic mass is 16.5. The van der Waals surface area contributed by atoms with Crippen LogP contribution >= 0.6 is 0 Å². The van der Waals surface area contributed by atoms with Crippen LogP contribution in [0.25, 0.3) is 0 Å². The molecular formula is C8H7O2+. The fourth-order valence-corrected chi connectivity index (χ4v) is 0.687. The van der Waals surface area contributed by atoms with Gasteiger partial charge in [-0.2, -0.15) is 0 Å². The molecule has 0 spiro atoms. The van der Waals surface area contributed by atoms with Crippen molar-refractivity contribution in [3.05, 3.63) is 35.9 Å². The van der Waals surface area contributed by atoms with Gasteiger partial charge in [0.1, 0.15) is 0 Å². The van der Waals surface area contributed by atoms with Crippen LogP contribution in [0, 0.1) is 0 Å². The van der Waals surface area contributed by atoms with Gasteiger partial charge < -0.3 is 0 Å². The Kier molecular flexibility index (Phi) is 2.41. The van der Waals surface area contributed by atoms with Gasteiger partial charge in [-0.3, -0.25) is 0 Å². The van der Waals surface area contributed by atoms with Gasteiger partial charge >= 0.3 is 6.47 Å². The van der Waals surface area contributed by atoms with Crippen molar-refractivity contribution in [1.29, 1.82) is 0 Å². The highest BCUT2D eigenvalue weighted by Gasteiger charge is 1.98. The molecule has 0 heterocycles. The molecule has 0 aromatic heterocycles. The molecule has 10 heavy (non-hydrogen) atoms. The van der Waals surface area contributed by atoms with Crippen molar-refractivity contribution in [2.45, 2.75) is 6.61 Å². The smallest absolute Gasteiger partial charge is 0.226 e. The first-order valence-corrected chi connectivity index (χ1v) is 2.96. The summed E-state index contributed by atoms with van der Waals surface area (Å²) in [5.41, 5.74) is 0.978. The van der Waals surface area contributed by atoms with Crippen molar-refractivity contribution >= 4 is 6.47 Å². The zero-order valence-corrected chi connectivity index (χ0v) is 5.41. The van der Waals surface area contributed by atoms with Gasteiger partial charge in [-0.25, -0.2) is 4.74 Å². The molecule has 2 nitrogen and oxygen atoms in total. The molecule has 1 aromatic carbocycles. The van der Waals surface area contributed by atoms with Crippen LogP contribution in [-0.4, -0.2) is 6.47 Å². The minimum atomic E-state index is 0.310. The first-order valence-electron chi connectivity index (χ1n) is 2.96. The van der Waals surface area contributed by atoms with Gasteiger partial charge in [-0.1, -0.05) is 30.3 Å². The molecule has 1 rings (SSSR count). The number of hydrogen-bond donors (Lipinski definition) is 0. The Hall–Kier alpha value is -1.40. The van der Waals surface area contributed by atoms with E-state index >= 15 is 0 Å². The molecule has 0 fully saturated rings. The van der Waals surface area contributed by atoms with Crippen LogP contribution in [0.4, 0.5) is 0 Å². The van der Waals surface area contributed by atoms with E-state index in [0.717, 1.165) is 5.56 Å². The molecule has 0 saturated carbocycles. The Morgan fingerprint density at radius 2 is 2.00 bits per heavy atom. The van der Waals surface area contributed by atoms with Gasteiger partial charge in [0.25, 0.3) is 0 Å². The molecule has 0 saturated heterocycles. The van der Waals surface area contributed by atoms with Crippen molar-refractivity contribution in [3.8, 4) is 0 Å². The van der Waals surface area contributed by atoms with Crippen LogP contribution in [0.3, 0.4) is 0 Å². The van der Waals surface area contributed by atoms with Crippen LogP contribution in [-0.2, 0) is 16.1 Å². The van der Waals surface area contributed by atoms with Gasteiger partial charge in [0, 0.05) is 0 Å². The fourth-order valence-electron chi connectivity index (χ4n) is 0.687. The normalized spacial score (nSPS) is 8.40. The molecule has 0 aliphatic rings. The summed E-state index contributed by atoms with van der Waals surface area (Å²) >= 11 is 0. The molecule has 0 atom stereocenters. The Morgan fingerprint density at radius 3 is 2.60 bits per heavy atom. The van der Waals surface area contributed by atoms with Crippen molar-refractivity contribution in [2.75, 3.05) is 0 Å². The molecule has 50 valence electrons. The molecule has 0 unspecified atom stereocenters. The molecule has 2 heteroatoms. The number of hydrogen-bond acceptors (Lipinski definition) is 2. The summed E-state index contributed by atoms with van der Waals surface area (Å²) in [6, 6.07) is 9.47. The predicted octanol–water partition coefficient (Wildman–Crippen LogP) is 1.27. The lowest BCUT2D eigenvalue weighted by molar-refractivity contribution is 0.267. The molecule has 0 aliphatic carbocycles. The zero-order valence-electron chi connectivity index (χ0n) is 5.41. The molecule has 0 bridgehead atoms. The maximum Gasteiger partial charge on any atom is 0.797 e. The predicted molar refractivity (Wildman–Crippen MR) is 36.9 cm³/mol. The van der Waals surface area contributed by atoms with Crippen molar-refractivity contribution in [1.82, 2.24) is 0 Å². The Balaban J connectivity index is 2.50. The largest absolute Gasteiger partial charge is 0.797 e. The first kappa shape index (κ1) is 6.72. The van der Waals surface area contributed by atoms with E-state index in [1.54, 1.807) is 0 Å². The van der Waals surface area contributed by atoms with Gasteiger partial charge in [-0.15, -0.1) is 0 Å². The molecule has 0 radical (unpaired) electrons. The summed E-state index contributed by atoms with van der Waals surface area (Å²) in [7, 11) is 0. The van der Waals surface area contributed by atoms with E-state index in [4.69, 9.17) is 0 Å². The number of ether oxygens (including phenoxy) is 1. The van der Waals surface area contributed by atoms with Crippen molar-refractivity contribution < 1.29 is 9.53 Å². The lowest BCUT2D eigenvalue weighted by Gasteiger charge is -1.89. The second kappa shape index (κ2) is 3.59. The third-order valence-corrected chi connectivity index (χ3v) is 1.14. The molecule has 0 N–H and O–H groups in total. The van der Waals surface area contributed by atoms with Crippen LogP contribution in [0.15, 0.2) is 30.3 Å². The van der Waals surface area contributed by atoms with Crippen molar-refractivity contribution in [3.63, 3.8) is 0 Å². The monoisotopic (exact) mass is 135 g/mol. The summed E-state index contributed by atoms with van der Waals surface area (Å²) in [5.74, 6) is 0. The third kappa shape index (κ3) is 1.84. The molecular weight excluding hydrogens is 128 g/mol. The summed E-state index contributed by atoms with van der Waals surface area (Å²) in [6.45, 7) is 1.68. The van der Waals surface area contributed by atoms with E-state index in [9.17, 15) is 4.79 Å². The molecule has 1 aromatic rings. The van der Waals surface area contributed by atoms with E-state index in [1.165, 1.54) is 6.47 Å². The lowest BCUT2D eigenvalue weighted by atomic mass is 10.2. The Labute approximate surface area is 59.4 Å². The van der Waals surface area contributed by atoms with Gasteiger partial charge in [-0.05, 0) is 5.56 Å². The van der Waals surface area contributed by atoms with Crippen LogP contribution in [0.5, 0.6) is 0 Å². The Morgan fingerprint density at radius 1 is 1.30 bits per heavy atom. The maximum atomic E-state index is 9.63. The molecule has 0 aliphatic heterocycles. The summed E-state index contributed by atoms with van der Waals surface area (Å²) in [4.78, 5) is 9.63. The second-order valence-corrected chi connectivity index (χ2v) is 1.86. The summed E-state index contributed by atoms with van der Waals surface area (Å²) in [5, 5.41) is 0. The lowest BCUT2D eigenvalue weighted by Crippen LogP contribution is -1.87. The van der Waals surface area contributed by atoms with E-state index in [2.05, 4.69) is 4.74 Å². The maximum absolute atomic E-state index is 9.63. The van der Waals surface area contributed by atoms with E-state index in [0.29, 0.717) is 6.61 Å². The SMILES string of the molecule is O=[C+]OCc1ccccc1. The third-order valence-electron chi connectivity index (χ3n) is 1.14. The van der Waals surface area contributed by atoms with Crippen LogP contribution < -0.4 is 0 Å². The van der Waals surface area contributed by atoms with Crippen molar-refractivity contribution in [2.24, 2.45) is 0 Å². The van der Waals surface area contributed by atoms with E-state index in [-0.39, 0.29) is 0 Å². The molecule has 0 amide bonds. The van der Waals surface area contributed by atoms with Gasteiger partial charge in [0.15, 0.2) is 6.61 Å². The van der Waals surface area contributed by atoms with Gasteiger partial charge in [0.05, 0.1) is 4.79 Å². The summed E-state index contributed by atoms with van der Waals surface area (Å²) < 4.78 is 4.41. The van der Waals surface area contributed by atoms with E-state index < -0.39 is 0 Å². The highest BCUT2D eigenvalue weighted by molar-refractivity contribution is 5.38. The first-order chi connectivity index (χ1) is 4.93. The number of benzene rings is 1. The quantitative estimate of drug-likeness (QED) is 0.583. The standard InChI is InChI=1S/C8H7O2/c9-7-10-6-8-4-2-1-3-5-8/h1-5H,6H2/q+1. The van der Waals surface area contributed by atoms with Gasteiger partial charge in [0.2, 0.25) is 0 Å². The average molecular weight is 135 g/mol. The summed E-state index contributed by atoms with van der Waals surface area (Å²) in [6.07, 6.45) is 0. The minimum Gasteiger partial charge on any atom is -0.226 e. The number of rotatable bonds is 3. The minimum absolute atomic E-state index is 0.310. The second-order valence-electron chi connectivity index (χ2n) is 1.86. The Bertz CT molecular complexity index is 194. The number of carbonyl (C=O) groups excluding carboxylic acids is 1. The highest BCUT2D eigenvalue weighted by Crippen LogP contribution is 1.98. The zero-order chi connectivity index (χ0) is 7.23. The average Bonchev–Trinajstić information content (AvgIpc) is 2.03. The topological polar surface area (TPSA) is 26.3 Å². The van der Waals surface area contributed by atoms with Crippen LogP contribution in [0.2, 0.25) is 0 Å². The van der Waals surface area contributed by atoms with E-state index in [1.807, 2.05) is 30.3 Å². The van der Waals surface area contributed by atoms with Crippen LogP contribution in [0.1, 0.15) is 5.56 Å².